The molecule has 0 saturated carbocycles. The van der Waals surface area contributed by atoms with Gasteiger partial charge in [0, 0.05) is 5.56 Å². The molecule has 0 heterocycles. The predicted octanol–water partition coefficient (Wildman–Crippen LogP) is 4.36. The van der Waals surface area contributed by atoms with Gasteiger partial charge in [0.2, 0.25) is 0 Å². The van der Waals surface area contributed by atoms with Crippen molar-refractivity contribution in [3.8, 4) is 5.75 Å². The van der Waals surface area contributed by atoms with Crippen LogP contribution in [-0.4, -0.2) is 12.4 Å². The van der Waals surface area contributed by atoms with E-state index in [1.54, 1.807) is 12.1 Å². The highest BCUT2D eigenvalue weighted by Gasteiger charge is 2.17. The topological polar surface area (TPSA) is 26.3 Å². The first kappa shape index (κ1) is 14.7. The van der Waals surface area contributed by atoms with E-state index in [1.807, 2.05) is 6.92 Å². The number of carbonyl (C=O) groups is 1. The van der Waals surface area contributed by atoms with Gasteiger partial charge in [-0.05, 0) is 59.3 Å². The smallest absolute Gasteiger partial charge is 0.196 e. The molecule has 0 unspecified atom stereocenters. The molecule has 0 spiro atoms. The maximum absolute atomic E-state index is 13.7. The average molecular weight is 341 g/mol. The highest BCUT2D eigenvalue weighted by atomic mass is 79.9. The fourth-order valence-electron chi connectivity index (χ4n) is 1.72. The van der Waals surface area contributed by atoms with Gasteiger partial charge in [0.05, 0.1) is 16.6 Å². The van der Waals surface area contributed by atoms with Crippen LogP contribution in [0.4, 0.5) is 8.78 Å². The van der Waals surface area contributed by atoms with E-state index in [1.165, 1.54) is 12.1 Å². The lowest BCUT2D eigenvalue weighted by atomic mass is 10.0. The minimum atomic E-state index is -0.767. The minimum absolute atomic E-state index is 0.0155. The van der Waals surface area contributed by atoms with E-state index in [0.29, 0.717) is 12.4 Å². The standard InChI is InChI=1S/C15H11BrF2O2/c1-2-20-10-5-3-9(4-6-10)15(19)11-7-14(18)12(16)8-13(11)17/h3-8H,2H2,1H3. The van der Waals surface area contributed by atoms with E-state index in [0.717, 1.165) is 12.1 Å². The first-order chi connectivity index (χ1) is 9.52. The van der Waals surface area contributed by atoms with Crippen molar-refractivity contribution >= 4 is 21.7 Å². The van der Waals surface area contributed by atoms with Crippen molar-refractivity contribution in [1.82, 2.24) is 0 Å². The zero-order chi connectivity index (χ0) is 14.7. The molecule has 2 rings (SSSR count). The van der Waals surface area contributed by atoms with Gasteiger partial charge in [0.15, 0.2) is 5.78 Å². The van der Waals surface area contributed by atoms with Crippen molar-refractivity contribution in [2.75, 3.05) is 6.61 Å². The summed E-state index contributed by atoms with van der Waals surface area (Å²) >= 11 is 2.87. The van der Waals surface area contributed by atoms with Crippen molar-refractivity contribution < 1.29 is 18.3 Å². The lowest BCUT2D eigenvalue weighted by molar-refractivity contribution is 0.103. The molecule has 0 N–H and O–H groups in total. The zero-order valence-electron chi connectivity index (χ0n) is 10.6. The Kier molecular flexibility index (Phi) is 4.49. The highest BCUT2D eigenvalue weighted by Crippen LogP contribution is 2.23. The summed E-state index contributed by atoms with van der Waals surface area (Å²) in [5.41, 5.74) is -0.0241. The van der Waals surface area contributed by atoms with E-state index >= 15 is 0 Å². The van der Waals surface area contributed by atoms with Crippen LogP contribution in [0.3, 0.4) is 0 Å². The third-order valence-corrected chi connectivity index (χ3v) is 3.29. The average Bonchev–Trinajstić information content (AvgIpc) is 2.43. The van der Waals surface area contributed by atoms with Crippen molar-refractivity contribution in [3.05, 3.63) is 63.6 Å². The van der Waals surface area contributed by atoms with Gasteiger partial charge < -0.3 is 4.74 Å². The summed E-state index contributed by atoms with van der Waals surface area (Å²) in [6.07, 6.45) is 0. The molecule has 0 aliphatic carbocycles. The molecular formula is C15H11BrF2O2. The molecule has 0 bridgehead atoms. The van der Waals surface area contributed by atoms with Crippen molar-refractivity contribution in [1.29, 1.82) is 0 Å². The molecule has 0 atom stereocenters. The van der Waals surface area contributed by atoms with Crippen molar-refractivity contribution in [3.63, 3.8) is 0 Å². The fraction of sp³-hybridized carbons (Fsp3) is 0.133. The molecule has 5 heteroatoms. The lowest BCUT2D eigenvalue weighted by Crippen LogP contribution is -2.05. The summed E-state index contributed by atoms with van der Waals surface area (Å²) in [5, 5.41) is 0. The minimum Gasteiger partial charge on any atom is -0.494 e. The molecule has 0 radical (unpaired) electrons. The van der Waals surface area contributed by atoms with Crippen LogP contribution in [0.5, 0.6) is 5.75 Å². The molecule has 2 aromatic carbocycles. The number of hydrogen-bond donors (Lipinski definition) is 0. The second kappa shape index (κ2) is 6.13. The third kappa shape index (κ3) is 3.04. The highest BCUT2D eigenvalue weighted by molar-refractivity contribution is 9.10. The number of benzene rings is 2. The zero-order valence-corrected chi connectivity index (χ0v) is 12.2. The summed E-state index contributed by atoms with van der Waals surface area (Å²) in [6.45, 7) is 2.36. The van der Waals surface area contributed by atoms with Crippen LogP contribution in [0.2, 0.25) is 0 Å². The van der Waals surface area contributed by atoms with Gasteiger partial charge in [-0.1, -0.05) is 0 Å². The monoisotopic (exact) mass is 340 g/mol. The summed E-state index contributed by atoms with van der Waals surface area (Å²) in [7, 11) is 0. The number of halogens is 3. The molecule has 0 aliphatic rings. The van der Waals surface area contributed by atoms with Crippen LogP contribution in [0.15, 0.2) is 40.9 Å². The van der Waals surface area contributed by atoms with Crippen LogP contribution in [0.1, 0.15) is 22.8 Å². The molecule has 0 fully saturated rings. The fourth-order valence-corrected chi connectivity index (χ4v) is 2.04. The van der Waals surface area contributed by atoms with Gasteiger partial charge in [0.1, 0.15) is 17.4 Å². The first-order valence-corrected chi connectivity index (χ1v) is 6.74. The SMILES string of the molecule is CCOc1ccc(C(=O)c2cc(F)c(Br)cc2F)cc1. The second-order valence-corrected chi connectivity index (χ2v) is 4.89. The van der Waals surface area contributed by atoms with Gasteiger partial charge in [0.25, 0.3) is 0 Å². The number of carbonyl (C=O) groups excluding carboxylic acids is 1. The lowest BCUT2D eigenvalue weighted by Gasteiger charge is -2.06. The Morgan fingerprint density at radius 1 is 1.15 bits per heavy atom. The van der Waals surface area contributed by atoms with Crippen LogP contribution in [-0.2, 0) is 0 Å². The number of rotatable bonds is 4. The molecule has 104 valence electrons. The van der Waals surface area contributed by atoms with Gasteiger partial charge in [-0.15, -0.1) is 0 Å². The molecule has 0 saturated heterocycles. The molecule has 0 aromatic heterocycles. The molecule has 2 nitrogen and oxygen atoms in total. The Bertz CT molecular complexity index is 639. The summed E-state index contributed by atoms with van der Waals surface area (Å²) in [6, 6.07) is 8.10. The molecular weight excluding hydrogens is 330 g/mol. The van der Waals surface area contributed by atoms with Crippen LogP contribution < -0.4 is 4.74 Å². The Hall–Kier alpha value is -1.75. The molecule has 0 aliphatic heterocycles. The quantitative estimate of drug-likeness (QED) is 0.610. The Balaban J connectivity index is 2.33. The van der Waals surface area contributed by atoms with Gasteiger partial charge in [-0.25, -0.2) is 8.78 Å². The van der Waals surface area contributed by atoms with Crippen molar-refractivity contribution in [2.24, 2.45) is 0 Å². The maximum Gasteiger partial charge on any atom is 0.196 e. The van der Waals surface area contributed by atoms with Gasteiger partial charge in [-0.2, -0.15) is 0 Å². The number of hydrogen-bond acceptors (Lipinski definition) is 2. The van der Waals surface area contributed by atoms with Gasteiger partial charge in [-0.3, -0.25) is 4.79 Å². The largest absolute Gasteiger partial charge is 0.494 e. The Labute approximate surface area is 123 Å². The van der Waals surface area contributed by atoms with E-state index in [-0.39, 0.29) is 15.6 Å². The molecule has 20 heavy (non-hydrogen) atoms. The Morgan fingerprint density at radius 3 is 2.40 bits per heavy atom. The molecule has 0 amide bonds. The third-order valence-electron chi connectivity index (χ3n) is 2.68. The van der Waals surface area contributed by atoms with Crippen molar-refractivity contribution in [2.45, 2.75) is 6.92 Å². The van der Waals surface area contributed by atoms with Crippen LogP contribution >= 0.6 is 15.9 Å². The summed E-state index contributed by atoms with van der Waals surface area (Å²) in [4.78, 5) is 12.1. The van der Waals surface area contributed by atoms with E-state index in [2.05, 4.69) is 15.9 Å². The van der Waals surface area contributed by atoms with E-state index in [9.17, 15) is 13.6 Å². The van der Waals surface area contributed by atoms with Crippen LogP contribution in [0, 0.1) is 11.6 Å². The predicted molar refractivity (Wildman–Crippen MR) is 75.1 cm³/mol. The first-order valence-electron chi connectivity index (χ1n) is 5.95. The maximum atomic E-state index is 13.7. The van der Waals surface area contributed by atoms with E-state index < -0.39 is 17.4 Å². The summed E-state index contributed by atoms with van der Waals surface area (Å²) in [5.74, 6) is -1.40. The van der Waals surface area contributed by atoms with Crippen LogP contribution in [0.25, 0.3) is 0 Å². The van der Waals surface area contributed by atoms with E-state index in [4.69, 9.17) is 4.74 Å². The molecule has 2 aromatic rings. The normalized spacial score (nSPS) is 10.4. The second-order valence-electron chi connectivity index (χ2n) is 4.03. The number of ether oxygens (including phenoxy) is 1. The number of ketones is 1. The Morgan fingerprint density at radius 2 is 1.80 bits per heavy atom. The van der Waals surface area contributed by atoms with Gasteiger partial charge >= 0.3 is 0 Å². The summed E-state index contributed by atoms with van der Waals surface area (Å²) < 4.78 is 32.4.